The second-order valence-corrected chi connectivity index (χ2v) is 4.92. The van der Waals surface area contributed by atoms with Gasteiger partial charge in [-0.05, 0) is 20.8 Å². The van der Waals surface area contributed by atoms with Gasteiger partial charge in [0.25, 0.3) is 0 Å². The molecule has 0 aliphatic carbocycles. The largest absolute Gasteiger partial charge is 0.444 e. The number of aromatic nitrogens is 2. The summed E-state index contributed by atoms with van der Waals surface area (Å²) < 4.78 is 41.8. The number of alkyl halides is 3. The van der Waals surface area contributed by atoms with Crippen LogP contribution in [0.4, 0.5) is 18.0 Å². The van der Waals surface area contributed by atoms with Crippen molar-refractivity contribution in [1.29, 1.82) is 0 Å². The first-order valence-electron chi connectivity index (χ1n) is 5.66. The Morgan fingerprint density at radius 2 is 2.05 bits per heavy atom. The first-order chi connectivity index (χ1) is 8.58. The van der Waals surface area contributed by atoms with Gasteiger partial charge < -0.3 is 15.0 Å². The second kappa shape index (κ2) is 5.50. The van der Waals surface area contributed by atoms with Crippen molar-refractivity contribution in [2.24, 2.45) is 0 Å². The number of rotatable bonds is 3. The molecule has 0 saturated carbocycles. The summed E-state index contributed by atoms with van der Waals surface area (Å²) in [5.74, 6) is 0.156. The maximum atomic E-state index is 12.3. The zero-order valence-corrected chi connectivity index (χ0v) is 10.9. The predicted molar refractivity (Wildman–Crippen MR) is 61.5 cm³/mol. The van der Waals surface area contributed by atoms with Crippen molar-refractivity contribution < 1.29 is 22.7 Å². The topological polar surface area (TPSA) is 67.0 Å². The molecule has 0 aromatic carbocycles. The number of amides is 1. The first kappa shape index (κ1) is 15.3. The maximum absolute atomic E-state index is 12.3. The number of H-pyrrole nitrogens is 1. The number of halogens is 3. The third kappa shape index (κ3) is 5.62. The fourth-order valence-electron chi connectivity index (χ4n) is 1.23. The van der Waals surface area contributed by atoms with Gasteiger partial charge >= 0.3 is 12.3 Å². The molecule has 0 fully saturated rings. The van der Waals surface area contributed by atoms with Crippen molar-refractivity contribution in [2.45, 2.75) is 39.0 Å². The van der Waals surface area contributed by atoms with Gasteiger partial charge in [-0.15, -0.1) is 0 Å². The molecule has 1 aromatic heterocycles. The van der Waals surface area contributed by atoms with Crippen LogP contribution in [0.1, 0.15) is 32.3 Å². The Kier molecular flexibility index (Phi) is 4.43. The van der Waals surface area contributed by atoms with Crippen molar-refractivity contribution in [2.75, 3.05) is 6.54 Å². The van der Waals surface area contributed by atoms with E-state index < -0.39 is 23.6 Å². The summed E-state index contributed by atoms with van der Waals surface area (Å²) in [5, 5.41) is 2.43. The predicted octanol–water partition coefficient (Wildman–Crippen LogP) is 2.50. The molecule has 1 amide bonds. The quantitative estimate of drug-likeness (QED) is 0.893. The minimum absolute atomic E-state index is 0.139. The van der Waals surface area contributed by atoms with Crippen LogP contribution in [0.3, 0.4) is 0 Å². The van der Waals surface area contributed by atoms with E-state index >= 15 is 0 Å². The lowest BCUT2D eigenvalue weighted by Crippen LogP contribution is -2.33. The number of hydrogen-bond donors (Lipinski definition) is 2. The van der Waals surface area contributed by atoms with Gasteiger partial charge in [-0.3, -0.25) is 0 Å². The van der Waals surface area contributed by atoms with Crippen LogP contribution in [0.2, 0.25) is 0 Å². The number of carbonyl (C=O) groups excluding carboxylic acids is 1. The lowest BCUT2D eigenvalue weighted by atomic mass is 10.2. The molecule has 0 saturated heterocycles. The van der Waals surface area contributed by atoms with Crippen molar-refractivity contribution in [3.05, 3.63) is 17.7 Å². The van der Waals surface area contributed by atoms with E-state index in [1.165, 1.54) is 0 Å². The van der Waals surface area contributed by atoms with E-state index in [1.807, 2.05) is 0 Å². The van der Waals surface area contributed by atoms with E-state index in [1.54, 1.807) is 20.8 Å². The minimum atomic E-state index is -4.44. The molecular formula is C11H16F3N3O2. The van der Waals surface area contributed by atoms with Crippen LogP contribution >= 0.6 is 0 Å². The van der Waals surface area contributed by atoms with E-state index in [-0.39, 0.29) is 18.8 Å². The molecule has 19 heavy (non-hydrogen) atoms. The standard InChI is InChI=1S/C11H16F3N3O2/c1-10(2,3)19-9(18)15-5-4-8-16-6-7(17-8)11(12,13)14/h6H,4-5H2,1-3H3,(H,15,18)(H,16,17). The summed E-state index contributed by atoms with van der Waals surface area (Å²) in [7, 11) is 0. The molecule has 0 spiro atoms. The zero-order chi connectivity index (χ0) is 14.7. The molecule has 0 radical (unpaired) electrons. The second-order valence-electron chi connectivity index (χ2n) is 4.92. The van der Waals surface area contributed by atoms with Crippen molar-refractivity contribution in [1.82, 2.24) is 15.3 Å². The summed E-state index contributed by atoms with van der Waals surface area (Å²) >= 11 is 0. The fraction of sp³-hybridized carbons (Fsp3) is 0.636. The molecular weight excluding hydrogens is 263 g/mol. The molecule has 1 aromatic rings. The average molecular weight is 279 g/mol. The van der Waals surface area contributed by atoms with E-state index in [4.69, 9.17) is 4.74 Å². The molecule has 108 valence electrons. The van der Waals surface area contributed by atoms with Crippen molar-refractivity contribution in [3.8, 4) is 0 Å². The van der Waals surface area contributed by atoms with Crippen LogP contribution in [0.15, 0.2) is 6.20 Å². The Bertz CT molecular complexity index is 435. The highest BCUT2D eigenvalue weighted by molar-refractivity contribution is 5.67. The molecule has 1 rings (SSSR count). The van der Waals surface area contributed by atoms with E-state index in [9.17, 15) is 18.0 Å². The number of alkyl carbamates (subject to hydrolysis) is 1. The maximum Gasteiger partial charge on any atom is 0.432 e. The van der Waals surface area contributed by atoms with Gasteiger partial charge in [-0.2, -0.15) is 13.2 Å². The Morgan fingerprint density at radius 1 is 1.42 bits per heavy atom. The summed E-state index contributed by atoms with van der Waals surface area (Å²) in [6.45, 7) is 5.29. The Hall–Kier alpha value is -1.73. The molecule has 0 bridgehead atoms. The molecule has 1 heterocycles. The van der Waals surface area contributed by atoms with Gasteiger partial charge in [0.1, 0.15) is 17.1 Å². The van der Waals surface area contributed by atoms with Gasteiger partial charge in [0.2, 0.25) is 0 Å². The number of hydrogen-bond acceptors (Lipinski definition) is 3. The lowest BCUT2D eigenvalue weighted by Gasteiger charge is -2.19. The number of carbonyl (C=O) groups is 1. The number of imidazole rings is 1. The summed E-state index contributed by atoms with van der Waals surface area (Å²) in [4.78, 5) is 17.0. The van der Waals surface area contributed by atoms with Gasteiger partial charge in [0, 0.05) is 13.0 Å². The van der Waals surface area contributed by atoms with Crippen LogP contribution in [-0.2, 0) is 17.3 Å². The normalized spacial score (nSPS) is 12.3. The molecule has 5 nitrogen and oxygen atoms in total. The van der Waals surface area contributed by atoms with Gasteiger partial charge in [-0.1, -0.05) is 0 Å². The number of aromatic amines is 1. The highest BCUT2D eigenvalue weighted by atomic mass is 19.4. The van der Waals surface area contributed by atoms with Gasteiger partial charge in [-0.25, -0.2) is 9.78 Å². The van der Waals surface area contributed by atoms with Crippen LogP contribution in [0, 0.1) is 0 Å². The lowest BCUT2D eigenvalue weighted by molar-refractivity contribution is -0.140. The highest BCUT2D eigenvalue weighted by Crippen LogP contribution is 2.27. The van der Waals surface area contributed by atoms with Gasteiger partial charge in [0.05, 0.1) is 6.20 Å². The molecule has 0 atom stereocenters. The van der Waals surface area contributed by atoms with E-state index in [0.717, 1.165) is 6.20 Å². The zero-order valence-electron chi connectivity index (χ0n) is 10.9. The number of nitrogens with one attached hydrogen (secondary N) is 2. The number of nitrogens with zero attached hydrogens (tertiary/aromatic N) is 1. The van der Waals surface area contributed by atoms with E-state index in [2.05, 4.69) is 15.3 Å². The third-order valence-corrected chi connectivity index (χ3v) is 1.96. The van der Waals surface area contributed by atoms with Gasteiger partial charge in [0.15, 0.2) is 0 Å². The molecule has 8 heteroatoms. The minimum Gasteiger partial charge on any atom is -0.444 e. The van der Waals surface area contributed by atoms with Crippen LogP contribution in [-0.4, -0.2) is 28.2 Å². The Balaban J connectivity index is 2.38. The van der Waals surface area contributed by atoms with E-state index in [0.29, 0.717) is 0 Å². The Morgan fingerprint density at radius 3 is 2.53 bits per heavy atom. The molecule has 0 aliphatic heterocycles. The van der Waals surface area contributed by atoms with Crippen LogP contribution in [0.5, 0.6) is 0 Å². The smallest absolute Gasteiger partial charge is 0.432 e. The summed E-state index contributed by atoms with van der Waals surface area (Å²) in [6.07, 6.45) is -4.17. The molecule has 2 N–H and O–H groups in total. The highest BCUT2D eigenvalue weighted by Gasteiger charge is 2.32. The first-order valence-corrected chi connectivity index (χ1v) is 5.66. The van der Waals surface area contributed by atoms with Crippen molar-refractivity contribution in [3.63, 3.8) is 0 Å². The average Bonchev–Trinajstić information content (AvgIpc) is 2.62. The van der Waals surface area contributed by atoms with Crippen LogP contribution < -0.4 is 5.32 Å². The van der Waals surface area contributed by atoms with Crippen molar-refractivity contribution >= 4 is 6.09 Å². The number of ether oxygens (including phenoxy) is 1. The monoisotopic (exact) mass is 279 g/mol. The summed E-state index contributed by atoms with van der Waals surface area (Å²) in [6, 6.07) is 0. The SMILES string of the molecule is CC(C)(C)OC(=O)NCCc1ncc(C(F)(F)F)[nH]1. The molecule has 0 aliphatic rings. The third-order valence-electron chi connectivity index (χ3n) is 1.96. The molecule has 0 unspecified atom stereocenters. The summed E-state index contributed by atoms with van der Waals surface area (Å²) in [5.41, 5.74) is -1.52. The van der Waals surface area contributed by atoms with Crippen LogP contribution in [0.25, 0.3) is 0 Å². The fourth-order valence-corrected chi connectivity index (χ4v) is 1.23. The Labute approximate surface area is 108 Å².